The van der Waals surface area contributed by atoms with Crippen molar-refractivity contribution < 1.29 is 9.90 Å². The van der Waals surface area contributed by atoms with Crippen LogP contribution < -0.4 is 0 Å². The number of hydrogen-bond acceptors (Lipinski definition) is 2. The van der Waals surface area contributed by atoms with Gasteiger partial charge in [-0.2, -0.15) is 5.10 Å². The van der Waals surface area contributed by atoms with Crippen molar-refractivity contribution in [3.63, 3.8) is 0 Å². The third-order valence-electron chi connectivity index (χ3n) is 2.95. The van der Waals surface area contributed by atoms with Gasteiger partial charge in [0.15, 0.2) is 0 Å². The van der Waals surface area contributed by atoms with E-state index in [0.29, 0.717) is 11.6 Å². The molecule has 0 bridgehead atoms. The largest absolute Gasteiger partial charge is 0.477 e. The lowest BCUT2D eigenvalue weighted by atomic mass is 10.3. The minimum atomic E-state index is -0.960. The first-order valence-electron chi connectivity index (χ1n) is 6.07. The molecule has 5 nitrogen and oxygen atoms in total. The molecule has 0 saturated heterocycles. The van der Waals surface area contributed by atoms with Crippen molar-refractivity contribution in [2.45, 2.75) is 33.4 Å². The van der Waals surface area contributed by atoms with Gasteiger partial charge < -0.3 is 9.67 Å². The molecule has 0 aromatic carbocycles. The highest BCUT2D eigenvalue weighted by Crippen LogP contribution is 2.15. The van der Waals surface area contributed by atoms with Gasteiger partial charge in [-0.1, -0.05) is 11.6 Å². The van der Waals surface area contributed by atoms with Gasteiger partial charge in [-0.15, -0.1) is 0 Å². The molecule has 0 saturated carbocycles. The van der Waals surface area contributed by atoms with E-state index in [9.17, 15) is 4.79 Å². The van der Waals surface area contributed by atoms with Crippen molar-refractivity contribution in [1.82, 2.24) is 14.3 Å². The van der Waals surface area contributed by atoms with Gasteiger partial charge in [-0.05, 0) is 32.4 Å². The maximum atomic E-state index is 11.0. The Morgan fingerprint density at radius 2 is 2.11 bits per heavy atom. The average Bonchev–Trinajstić information content (AvgIpc) is 2.83. The minimum Gasteiger partial charge on any atom is -0.477 e. The monoisotopic (exact) mass is 281 g/mol. The maximum absolute atomic E-state index is 11.0. The van der Waals surface area contributed by atoms with Crippen LogP contribution in [0.4, 0.5) is 0 Å². The summed E-state index contributed by atoms with van der Waals surface area (Å²) in [6, 6.07) is 3.49. The Labute approximate surface area is 116 Å². The van der Waals surface area contributed by atoms with Gasteiger partial charge in [0.2, 0.25) is 0 Å². The molecule has 0 aliphatic carbocycles. The summed E-state index contributed by atoms with van der Waals surface area (Å²) < 4.78 is 3.59. The van der Waals surface area contributed by atoms with Gasteiger partial charge in [0, 0.05) is 25.0 Å². The number of aromatic nitrogens is 3. The van der Waals surface area contributed by atoms with Gasteiger partial charge in [-0.3, -0.25) is 4.68 Å². The molecule has 2 heterocycles. The Kier molecular flexibility index (Phi) is 3.95. The summed E-state index contributed by atoms with van der Waals surface area (Å²) in [4.78, 5) is 11.0. The van der Waals surface area contributed by atoms with Gasteiger partial charge in [0.1, 0.15) is 5.69 Å². The molecular formula is C13H16ClN3O2. The average molecular weight is 282 g/mol. The molecule has 0 aliphatic heterocycles. The Morgan fingerprint density at radius 1 is 1.37 bits per heavy atom. The molecule has 0 atom stereocenters. The first-order valence-corrected chi connectivity index (χ1v) is 6.45. The Morgan fingerprint density at radius 3 is 2.68 bits per heavy atom. The van der Waals surface area contributed by atoms with E-state index in [-0.39, 0.29) is 5.69 Å². The van der Waals surface area contributed by atoms with Gasteiger partial charge in [0.25, 0.3) is 0 Å². The van der Waals surface area contributed by atoms with E-state index in [4.69, 9.17) is 16.7 Å². The molecular weight excluding hydrogens is 266 g/mol. The first-order chi connectivity index (χ1) is 8.97. The number of halogens is 1. The molecule has 102 valence electrons. The third-order valence-corrected chi connectivity index (χ3v) is 3.16. The van der Waals surface area contributed by atoms with Crippen molar-refractivity contribution >= 4 is 17.6 Å². The molecule has 2 rings (SSSR count). The lowest BCUT2D eigenvalue weighted by Gasteiger charge is -2.07. The van der Waals surface area contributed by atoms with Crippen LogP contribution in [-0.2, 0) is 13.1 Å². The fourth-order valence-electron chi connectivity index (χ4n) is 2.13. The number of nitrogens with zero attached hydrogens (tertiary/aromatic N) is 3. The normalized spacial score (nSPS) is 10.9. The molecule has 19 heavy (non-hydrogen) atoms. The van der Waals surface area contributed by atoms with E-state index < -0.39 is 5.97 Å². The van der Waals surface area contributed by atoms with Crippen molar-refractivity contribution in [2.75, 3.05) is 0 Å². The summed E-state index contributed by atoms with van der Waals surface area (Å²) in [5, 5.41) is 13.9. The summed E-state index contributed by atoms with van der Waals surface area (Å²) in [5.41, 5.74) is 2.33. The van der Waals surface area contributed by atoms with Crippen LogP contribution >= 0.6 is 11.6 Å². The van der Waals surface area contributed by atoms with Crippen molar-refractivity contribution in [3.05, 3.63) is 40.4 Å². The summed E-state index contributed by atoms with van der Waals surface area (Å²) >= 11 is 5.83. The van der Waals surface area contributed by atoms with E-state index in [0.717, 1.165) is 24.4 Å². The number of carbonyl (C=O) groups is 1. The summed E-state index contributed by atoms with van der Waals surface area (Å²) in [6.45, 7) is 5.33. The van der Waals surface area contributed by atoms with Crippen LogP contribution in [-0.4, -0.2) is 25.4 Å². The number of hydrogen-bond donors (Lipinski definition) is 1. The Balaban J connectivity index is 1.99. The number of aromatic carboxylic acids is 1. The van der Waals surface area contributed by atoms with Crippen molar-refractivity contribution in [2.24, 2.45) is 0 Å². The molecule has 1 N–H and O–H groups in total. The van der Waals surface area contributed by atoms with Crippen LogP contribution in [0.5, 0.6) is 0 Å². The molecule has 2 aromatic rings. The standard InChI is InChI=1S/C13H16ClN3O2/c1-9-6-10(2)17(15-9)5-3-4-16-8-11(14)7-12(16)13(18)19/h6-8H,3-5H2,1-2H3,(H,18,19). The van der Waals surface area contributed by atoms with E-state index >= 15 is 0 Å². The molecule has 0 amide bonds. The van der Waals surface area contributed by atoms with Crippen LogP contribution in [0.1, 0.15) is 28.3 Å². The van der Waals surface area contributed by atoms with Crippen LogP contribution in [0.15, 0.2) is 18.3 Å². The Hall–Kier alpha value is -1.75. The molecule has 0 fully saturated rings. The van der Waals surface area contributed by atoms with Crippen LogP contribution in [0.25, 0.3) is 0 Å². The number of rotatable bonds is 5. The fraction of sp³-hybridized carbons (Fsp3) is 0.385. The Bertz CT molecular complexity index is 601. The predicted octanol–water partition coefficient (Wildman–Crippen LogP) is 2.74. The van der Waals surface area contributed by atoms with Crippen LogP contribution in [0.2, 0.25) is 5.02 Å². The van der Waals surface area contributed by atoms with Crippen molar-refractivity contribution in [3.8, 4) is 0 Å². The third kappa shape index (κ3) is 3.17. The summed E-state index contributed by atoms with van der Waals surface area (Å²) in [6.07, 6.45) is 2.44. The smallest absolute Gasteiger partial charge is 0.352 e. The molecule has 0 unspecified atom stereocenters. The second-order valence-corrected chi connectivity index (χ2v) is 4.98. The first kappa shape index (κ1) is 13.7. The second-order valence-electron chi connectivity index (χ2n) is 4.55. The van der Waals surface area contributed by atoms with Gasteiger partial charge >= 0.3 is 5.97 Å². The SMILES string of the molecule is Cc1cc(C)n(CCCn2cc(Cl)cc2C(=O)O)n1. The number of carboxylic acid groups (broad SMARTS) is 1. The zero-order chi connectivity index (χ0) is 14.0. The topological polar surface area (TPSA) is 60.0 Å². The fourth-order valence-corrected chi connectivity index (χ4v) is 2.35. The summed E-state index contributed by atoms with van der Waals surface area (Å²) in [5.74, 6) is -0.960. The summed E-state index contributed by atoms with van der Waals surface area (Å²) in [7, 11) is 0. The maximum Gasteiger partial charge on any atom is 0.352 e. The molecule has 2 aromatic heterocycles. The van der Waals surface area contributed by atoms with Gasteiger partial charge in [-0.25, -0.2) is 4.79 Å². The van der Waals surface area contributed by atoms with Crippen LogP contribution in [0.3, 0.4) is 0 Å². The lowest BCUT2D eigenvalue weighted by molar-refractivity contribution is 0.0685. The highest BCUT2D eigenvalue weighted by molar-refractivity contribution is 6.30. The predicted molar refractivity (Wildman–Crippen MR) is 72.7 cm³/mol. The van der Waals surface area contributed by atoms with Crippen LogP contribution in [0, 0.1) is 13.8 Å². The molecule has 0 radical (unpaired) electrons. The number of aryl methyl sites for hydroxylation is 4. The zero-order valence-corrected chi connectivity index (χ0v) is 11.7. The van der Waals surface area contributed by atoms with Gasteiger partial charge in [0.05, 0.1) is 10.7 Å². The second kappa shape index (κ2) is 5.48. The minimum absolute atomic E-state index is 0.221. The van der Waals surface area contributed by atoms with E-state index in [1.54, 1.807) is 10.8 Å². The highest BCUT2D eigenvalue weighted by Gasteiger charge is 2.11. The van der Waals surface area contributed by atoms with E-state index in [1.165, 1.54) is 6.07 Å². The highest BCUT2D eigenvalue weighted by atomic mass is 35.5. The van der Waals surface area contributed by atoms with Crippen molar-refractivity contribution in [1.29, 1.82) is 0 Å². The number of carboxylic acids is 1. The molecule has 6 heteroatoms. The molecule has 0 spiro atoms. The quantitative estimate of drug-likeness (QED) is 0.917. The van der Waals surface area contributed by atoms with E-state index in [1.807, 2.05) is 24.6 Å². The molecule has 0 aliphatic rings. The zero-order valence-electron chi connectivity index (χ0n) is 10.9. The lowest BCUT2D eigenvalue weighted by Crippen LogP contribution is -2.10. The van der Waals surface area contributed by atoms with E-state index in [2.05, 4.69) is 5.10 Å².